The van der Waals surface area contributed by atoms with Crippen molar-refractivity contribution in [3.05, 3.63) is 64.1 Å². The van der Waals surface area contributed by atoms with Gasteiger partial charge in [0.15, 0.2) is 6.04 Å². The molecule has 25 heavy (non-hydrogen) atoms. The summed E-state index contributed by atoms with van der Waals surface area (Å²) in [5.41, 5.74) is 1.66. The van der Waals surface area contributed by atoms with Gasteiger partial charge in [0.05, 0.1) is 13.0 Å². The number of ether oxygens (including phenoxy) is 2. The second kappa shape index (κ2) is 7.70. The van der Waals surface area contributed by atoms with Crippen molar-refractivity contribution in [3.63, 3.8) is 0 Å². The molecule has 0 aliphatic carbocycles. The minimum absolute atomic E-state index is 0.229. The molecule has 130 valence electrons. The number of hydrogen-bond acceptors (Lipinski definition) is 4. The van der Waals surface area contributed by atoms with E-state index in [0.29, 0.717) is 12.0 Å². The van der Waals surface area contributed by atoms with E-state index in [4.69, 9.17) is 9.47 Å². The van der Waals surface area contributed by atoms with Crippen LogP contribution in [0.1, 0.15) is 17.2 Å². The number of halogens is 1. The van der Waals surface area contributed by atoms with Crippen LogP contribution in [0.4, 0.5) is 0 Å². The number of methoxy groups -OCH3 is 1. The first-order valence-corrected chi connectivity index (χ1v) is 8.72. The van der Waals surface area contributed by atoms with Gasteiger partial charge in [-0.25, -0.2) is 4.79 Å². The van der Waals surface area contributed by atoms with Crippen LogP contribution < -0.4 is 10.1 Å². The highest BCUT2D eigenvalue weighted by Crippen LogP contribution is 2.27. The fourth-order valence-electron chi connectivity index (χ4n) is 2.81. The number of rotatable bonds is 4. The number of fused-ring (bicyclic) bond motifs is 1. The van der Waals surface area contributed by atoms with Gasteiger partial charge < -0.3 is 14.8 Å². The summed E-state index contributed by atoms with van der Waals surface area (Å²) >= 11 is 3.36. The van der Waals surface area contributed by atoms with Gasteiger partial charge in [0, 0.05) is 4.47 Å². The van der Waals surface area contributed by atoms with Crippen molar-refractivity contribution < 1.29 is 19.1 Å². The van der Waals surface area contributed by atoms with E-state index in [1.54, 1.807) is 12.1 Å². The third-order valence-corrected chi connectivity index (χ3v) is 4.71. The van der Waals surface area contributed by atoms with Crippen LogP contribution in [0.3, 0.4) is 0 Å². The number of para-hydroxylation sites is 1. The summed E-state index contributed by atoms with van der Waals surface area (Å²) < 4.78 is 11.4. The lowest BCUT2D eigenvalue weighted by molar-refractivity contribution is -0.146. The van der Waals surface area contributed by atoms with Gasteiger partial charge in [-0.3, -0.25) is 4.79 Å². The number of esters is 1. The standard InChI is InChI=1S/C19H18BrNO4/c1-24-19(23)17(12-6-8-15(20)9-7-12)21-18(22)14-10-13-4-2-3-5-16(13)25-11-14/h2-9,14,17H,10-11H2,1H3,(H,21,22). The van der Waals surface area contributed by atoms with E-state index in [1.807, 2.05) is 36.4 Å². The van der Waals surface area contributed by atoms with Gasteiger partial charge in [0.2, 0.25) is 5.91 Å². The number of hydrogen-bond donors (Lipinski definition) is 1. The number of carbonyl (C=O) groups is 2. The number of benzene rings is 2. The van der Waals surface area contributed by atoms with Gasteiger partial charge in [-0.15, -0.1) is 0 Å². The predicted octanol–water partition coefficient (Wildman–Crippen LogP) is 3.03. The van der Waals surface area contributed by atoms with Crippen LogP contribution in [0.15, 0.2) is 53.0 Å². The Morgan fingerprint density at radius 1 is 1.20 bits per heavy atom. The molecule has 0 radical (unpaired) electrons. The lowest BCUT2D eigenvalue weighted by atomic mass is 9.95. The predicted molar refractivity (Wildman–Crippen MR) is 96.2 cm³/mol. The fourth-order valence-corrected chi connectivity index (χ4v) is 3.07. The van der Waals surface area contributed by atoms with Crippen molar-refractivity contribution in [2.45, 2.75) is 12.5 Å². The molecule has 5 nitrogen and oxygen atoms in total. The topological polar surface area (TPSA) is 64.6 Å². The SMILES string of the molecule is COC(=O)C(NC(=O)C1COc2ccccc2C1)c1ccc(Br)cc1. The number of carbonyl (C=O) groups excluding carboxylic acids is 2. The molecule has 3 rings (SSSR count). The summed E-state index contributed by atoms with van der Waals surface area (Å²) in [4.78, 5) is 24.8. The van der Waals surface area contributed by atoms with Crippen molar-refractivity contribution >= 4 is 27.8 Å². The highest BCUT2D eigenvalue weighted by atomic mass is 79.9. The first kappa shape index (κ1) is 17.5. The molecule has 0 spiro atoms. The van der Waals surface area contributed by atoms with Crippen LogP contribution in [0.2, 0.25) is 0 Å². The molecular weight excluding hydrogens is 386 g/mol. The molecule has 6 heteroatoms. The Labute approximate surface area is 154 Å². The van der Waals surface area contributed by atoms with E-state index in [1.165, 1.54) is 7.11 Å². The zero-order chi connectivity index (χ0) is 17.8. The van der Waals surface area contributed by atoms with E-state index in [0.717, 1.165) is 15.8 Å². The Hall–Kier alpha value is -2.34. The molecule has 1 N–H and O–H groups in total. The normalized spacial score (nSPS) is 17.0. The molecule has 1 heterocycles. The lowest BCUT2D eigenvalue weighted by Crippen LogP contribution is -2.42. The number of amides is 1. The van der Waals surface area contributed by atoms with Gasteiger partial charge in [-0.1, -0.05) is 46.3 Å². The van der Waals surface area contributed by atoms with Crippen molar-refractivity contribution in [1.82, 2.24) is 5.32 Å². The van der Waals surface area contributed by atoms with Gasteiger partial charge >= 0.3 is 5.97 Å². The van der Waals surface area contributed by atoms with Crippen LogP contribution in [-0.4, -0.2) is 25.6 Å². The Balaban J connectivity index is 1.75. The average Bonchev–Trinajstić information content (AvgIpc) is 2.65. The highest BCUT2D eigenvalue weighted by molar-refractivity contribution is 9.10. The zero-order valence-corrected chi connectivity index (χ0v) is 15.3. The molecule has 0 saturated carbocycles. The van der Waals surface area contributed by atoms with Crippen molar-refractivity contribution in [1.29, 1.82) is 0 Å². The van der Waals surface area contributed by atoms with E-state index < -0.39 is 12.0 Å². The number of nitrogens with one attached hydrogen (secondary N) is 1. The van der Waals surface area contributed by atoms with E-state index in [9.17, 15) is 9.59 Å². The first-order valence-electron chi connectivity index (χ1n) is 7.93. The van der Waals surface area contributed by atoms with Crippen molar-refractivity contribution in [2.24, 2.45) is 5.92 Å². The molecule has 0 saturated heterocycles. The molecular formula is C19H18BrNO4. The van der Waals surface area contributed by atoms with Crippen LogP contribution >= 0.6 is 15.9 Å². The minimum atomic E-state index is -0.845. The Morgan fingerprint density at radius 2 is 1.92 bits per heavy atom. The fraction of sp³-hybridized carbons (Fsp3) is 0.263. The first-order chi connectivity index (χ1) is 12.1. The molecule has 2 aromatic rings. The summed E-state index contributed by atoms with van der Waals surface area (Å²) in [6, 6.07) is 14.0. The molecule has 1 aliphatic rings. The Morgan fingerprint density at radius 3 is 2.64 bits per heavy atom. The van der Waals surface area contributed by atoms with Crippen molar-refractivity contribution in [3.8, 4) is 5.75 Å². The minimum Gasteiger partial charge on any atom is -0.492 e. The van der Waals surface area contributed by atoms with Crippen LogP contribution in [0.25, 0.3) is 0 Å². The smallest absolute Gasteiger partial charge is 0.333 e. The molecule has 2 unspecified atom stereocenters. The summed E-state index contributed by atoms with van der Waals surface area (Å²) in [5, 5.41) is 2.80. The largest absolute Gasteiger partial charge is 0.492 e. The van der Waals surface area contributed by atoms with Gasteiger partial charge in [0.1, 0.15) is 12.4 Å². The average molecular weight is 404 g/mol. The van der Waals surface area contributed by atoms with E-state index >= 15 is 0 Å². The van der Waals surface area contributed by atoms with Gasteiger partial charge in [-0.2, -0.15) is 0 Å². The second-order valence-corrected chi connectivity index (χ2v) is 6.75. The quantitative estimate of drug-likeness (QED) is 0.796. The van der Waals surface area contributed by atoms with E-state index in [2.05, 4.69) is 21.2 Å². The third kappa shape index (κ3) is 4.02. The van der Waals surface area contributed by atoms with Crippen LogP contribution in [0, 0.1) is 5.92 Å². The summed E-state index contributed by atoms with van der Waals surface area (Å²) in [5.74, 6) is -0.276. The van der Waals surface area contributed by atoms with Crippen LogP contribution in [-0.2, 0) is 20.7 Å². The maximum atomic E-state index is 12.7. The lowest BCUT2D eigenvalue weighted by Gasteiger charge is -2.26. The Kier molecular flexibility index (Phi) is 5.38. The Bertz CT molecular complexity index is 775. The van der Waals surface area contributed by atoms with Crippen LogP contribution in [0.5, 0.6) is 5.75 Å². The van der Waals surface area contributed by atoms with Gasteiger partial charge in [0.25, 0.3) is 0 Å². The van der Waals surface area contributed by atoms with E-state index in [-0.39, 0.29) is 18.4 Å². The molecule has 1 aliphatic heterocycles. The second-order valence-electron chi connectivity index (χ2n) is 5.84. The monoisotopic (exact) mass is 403 g/mol. The molecule has 0 bridgehead atoms. The molecule has 2 aromatic carbocycles. The maximum Gasteiger partial charge on any atom is 0.333 e. The molecule has 2 atom stereocenters. The highest BCUT2D eigenvalue weighted by Gasteiger charge is 2.30. The third-order valence-electron chi connectivity index (χ3n) is 4.18. The summed E-state index contributed by atoms with van der Waals surface area (Å²) in [6.07, 6.45) is 0.580. The maximum absolute atomic E-state index is 12.7. The zero-order valence-electron chi connectivity index (χ0n) is 13.7. The summed E-state index contributed by atoms with van der Waals surface area (Å²) in [6.45, 7) is 0.289. The molecule has 1 amide bonds. The molecule has 0 aromatic heterocycles. The van der Waals surface area contributed by atoms with Gasteiger partial charge in [-0.05, 0) is 35.7 Å². The molecule has 0 fully saturated rings. The van der Waals surface area contributed by atoms with Crippen molar-refractivity contribution in [2.75, 3.05) is 13.7 Å². The summed E-state index contributed by atoms with van der Waals surface area (Å²) in [7, 11) is 1.31.